The summed E-state index contributed by atoms with van der Waals surface area (Å²) in [4.78, 5) is 0. The highest BCUT2D eigenvalue weighted by Crippen LogP contribution is 1.92. The van der Waals surface area contributed by atoms with Gasteiger partial charge in [0.2, 0.25) is 0 Å². The summed E-state index contributed by atoms with van der Waals surface area (Å²) in [5.74, 6) is 0.830. The van der Waals surface area contributed by atoms with Crippen LogP contribution in [-0.4, -0.2) is 18.0 Å². The van der Waals surface area contributed by atoms with Crippen molar-refractivity contribution in [1.29, 1.82) is 10.2 Å². The Labute approximate surface area is 64.6 Å². The van der Waals surface area contributed by atoms with E-state index in [0.29, 0.717) is 5.17 Å². The smallest absolute Gasteiger partial charge is 0.164 e. The van der Waals surface area contributed by atoms with E-state index in [1.807, 2.05) is 0 Å². The van der Waals surface area contributed by atoms with Gasteiger partial charge in [-0.25, -0.2) is 0 Å². The molecule has 1 atom stereocenters. The summed E-state index contributed by atoms with van der Waals surface area (Å²) < 4.78 is 7.42. The van der Waals surface area contributed by atoms with Gasteiger partial charge in [0.25, 0.3) is 0 Å². The number of hydrogen-bond donors (Lipinski definition) is 3. The lowest BCUT2D eigenvalue weighted by Gasteiger charge is -2.04. The van der Waals surface area contributed by atoms with Gasteiger partial charge in [-0.1, -0.05) is 13.3 Å². The van der Waals surface area contributed by atoms with Crippen LogP contribution in [0.25, 0.3) is 0 Å². The Morgan fingerprint density at radius 2 is 2.20 bits per heavy atom. The Balaban J connectivity index is 3.52. The zero-order chi connectivity index (χ0) is 7.98. The molecule has 0 saturated heterocycles. The fraction of sp³-hybridized carbons (Fsp3) is 0.833. The van der Waals surface area contributed by atoms with Gasteiger partial charge in [-0.15, -0.1) is 0 Å². The molecular formula is C6H15N3S. The van der Waals surface area contributed by atoms with E-state index >= 15 is 0 Å². The first-order valence-electron chi connectivity index (χ1n) is 3.40. The average Bonchev–Trinajstić information content (AvgIpc) is 1.98. The molecule has 0 aromatic heterocycles. The van der Waals surface area contributed by atoms with Crippen molar-refractivity contribution in [3.63, 3.8) is 0 Å². The van der Waals surface area contributed by atoms with Crippen molar-refractivity contribution < 1.29 is 0 Å². The van der Waals surface area contributed by atoms with E-state index in [-0.39, 0.29) is 0 Å². The molecule has 0 aliphatic carbocycles. The molecule has 10 heavy (non-hydrogen) atoms. The Morgan fingerprint density at radius 3 is 2.60 bits per heavy atom. The van der Waals surface area contributed by atoms with Crippen LogP contribution in [0.4, 0.5) is 0 Å². The monoisotopic (exact) mass is 161 g/mol. The fourth-order valence-electron chi connectivity index (χ4n) is 0.514. The number of rotatable bonds is 3. The molecule has 0 aliphatic heterocycles. The summed E-state index contributed by atoms with van der Waals surface area (Å²) in [5, 5.41) is 10.3. The summed E-state index contributed by atoms with van der Waals surface area (Å²) >= 11 is 0. The molecule has 1 unspecified atom stereocenters. The minimum absolute atomic E-state index is 0.355. The zero-order valence-corrected chi connectivity index (χ0v) is 7.35. The normalized spacial score (nSPS) is 12.6. The molecule has 60 valence electrons. The topological polar surface area (TPSA) is 59.7 Å². The minimum Gasteiger partial charge on any atom is -0.367 e. The third-order valence-corrected chi connectivity index (χ3v) is 2.57. The molecular weight excluding hydrogens is 146 g/mol. The molecule has 0 heterocycles. The molecule has 0 aromatic rings. The molecule has 0 aromatic carbocycles. The standard InChI is InChI=1S/C6H15N3S/c1-3-4-5-10(8)6(7)9-2/h8H,3-5H2,1-2H3,(H2,7,9). The molecule has 0 radical (unpaired) electrons. The molecule has 0 fully saturated rings. The predicted molar refractivity (Wildman–Crippen MR) is 46.6 cm³/mol. The molecule has 0 amide bonds. The van der Waals surface area contributed by atoms with Crippen molar-refractivity contribution in [1.82, 2.24) is 5.32 Å². The predicted octanol–water partition coefficient (Wildman–Crippen LogP) is 1.32. The third kappa shape index (κ3) is 3.61. The van der Waals surface area contributed by atoms with E-state index in [1.54, 1.807) is 7.05 Å². The first-order valence-corrected chi connectivity index (χ1v) is 4.80. The van der Waals surface area contributed by atoms with Crippen LogP contribution in [0.3, 0.4) is 0 Å². The van der Waals surface area contributed by atoms with E-state index in [1.165, 1.54) is 0 Å². The van der Waals surface area contributed by atoms with Crippen LogP contribution in [0.2, 0.25) is 0 Å². The van der Waals surface area contributed by atoms with Crippen LogP contribution in [-0.2, 0) is 10.7 Å². The lowest BCUT2D eigenvalue weighted by molar-refractivity contribution is 0.894. The summed E-state index contributed by atoms with van der Waals surface area (Å²) in [6.45, 7) is 2.10. The summed E-state index contributed by atoms with van der Waals surface area (Å²) in [6, 6.07) is 0. The SMILES string of the molecule is CCCCS(=N)C(=N)NC. The van der Waals surface area contributed by atoms with Gasteiger partial charge in [0.05, 0.1) is 0 Å². The van der Waals surface area contributed by atoms with E-state index in [4.69, 9.17) is 10.2 Å². The van der Waals surface area contributed by atoms with Gasteiger partial charge >= 0.3 is 0 Å². The molecule has 0 bridgehead atoms. The van der Waals surface area contributed by atoms with Crippen molar-refractivity contribution in [2.45, 2.75) is 19.8 Å². The summed E-state index contributed by atoms with van der Waals surface area (Å²) in [6.07, 6.45) is 2.16. The van der Waals surface area contributed by atoms with Crippen LogP contribution in [0, 0.1) is 10.2 Å². The van der Waals surface area contributed by atoms with Crippen LogP contribution in [0.15, 0.2) is 0 Å². The van der Waals surface area contributed by atoms with Gasteiger partial charge in [-0.3, -0.25) is 10.2 Å². The third-order valence-electron chi connectivity index (χ3n) is 1.18. The van der Waals surface area contributed by atoms with Crippen molar-refractivity contribution in [2.75, 3.05) is 12.8 Å². The van der Waals surface area contributed by atoms with E-state index in [9.17, 15) is 0 Å². The number of unbranched alkanes of at least 4 members (excludes halogenated alkanes) is 1. The highest BCUT2D eigenvalue weighted by atomic mass is 32.2. The van der Waals surface area contributed by atoms with Crippen LogP contribution in [0.1, 0.15) is 19.8 Å². The maximum absolute atomic E-state index is 7.42. The highest BCUT2D eigenvalue weighted by molar-refractivity contribution is 8.01. The Bertz CT molecular complexity index is 133. The van der Waals surface area contributed by atoms with Gasteiger partial charge in [-0.2, -0.15) is 0 Å². The van der Waals surface area contributed by atoms with Crippen molar-refractivity contribution in [3.8, 4) is 0 Å². The zero-order valence-electron chi connectivity index (χ0n) is 6.53. The number of nitrogens with one attached hydrogen (secondary N) is 3. The molecule has 3 nitrogen and oxygen atoms in total. The Hall–Kier alpha value is -0.380. The van der Waals surface area contributed by atoms with Gasteiger partial charge in [0, 0.05) is 12.8 Å². The van der Waals surface area contributed by atoms with Gasteiger partial charge in [-0.05, 0) is 17.1 Å². The van der Waals surface area contributed by atoms with Crippen LogP contribution >= 0.6 is 0 Å². The summed E-state index contributed by atoms with van der Waals surface area (Å²) in [5.41, 5.74) is 0. The summed E-state index contributed by atoms with van der Waals surface area (Å²) in [7, 11) is 1.10. The first kappa shape index (κ1) is 9.62. The molecule has 3 N–H and O–H groups in total. The van der Waals surface area contributed by atoms with E-state index in [0.717, 1.165) is 18.6 Å². The van der Waals surface area contributed by atoms with Crippen molar-refractivity contribution in [2.24, 2.45) is 0 Å². The second-order valence-corrected chi connectivity index (χ2v) is 3.63. The Morgan fingerprint density at radius 1 is 1.60 bits per heavy atom. The van der Waals surface area contributed by atoms with Crippen LogP contribution < -0.4 is 5.32 Å². The van der Waals surface area contributed by atoms with Crippen LogP contribution in [0.5, 0.6) is 0 Å². The lowest BCUT2D eigenvalue weighted by Crippen LogP contribution is -2.22. The first-order chi connectivity index (χ1) is 4.72. The lowest BCUT2D eigenvalue weighted by atomic mass is 10.4. The van der Waals surface area contributed by atoms with Gasteiger partial charge < -0.3 is 5.32 Å². The van der Waals surface area contributed by atoms with Gasteiger partial charge in [0.15, 0.2) is 5.17 Å². The quantitative estimate of drug-likeness (QED) is 0.424. The number of amidine groups is 1. The fourth-order valence-corrected chi connectivity index (χ4v) is 1.54. The molecule has 0 rings (SSSR count). The molecule has 0 spiro atoms. The van der Waals surface area contributed by atoms with Crippen molar-refractivity contribution in [3.05, 3.63) is 0 Å². The molecule has 0 saturated carbocycles. The maximum atomic E-state index is 7.42. The molecule has 0 aliphatic rings. The van der Waals surface area contributed by atoms with Gasteiger partial charge in [0.1, 0.15) is 0 Å². The Kier molecular flexibility index (Phi) is 5.20. The van der Waals surface area contributed by atoms with E-state index < -0.39 is 10.7 Å². The maximum Gasteiger partial charge on any atom is 0.164 e. The molecule has 4 heteroatoms. The number of hydrogen-bond acceptors (Lipinski definition) is 2. The highest BCUT2D eigenvalue weighted by Gasteiger charge is 1.97. The largest absolute Gasteiger partial charge is 0.367 e. The minimum atomic E-state index is -0.592. The van der Waals surface area contributed by atoms with Crippen molar-refractivity contribution >= 4 is 15.9 Å². The second-order valence-electron chi connectivity index (χ2n) is 2.03. The van der Waals surface area contributed by atoms with E-state index in [2.05, 4.69) is 12.2 Å². The average molecular weight is 161 g/mol. The second kappa shape index (κ2) is 5.41.